The maximum absolute atomic E-state index is 14.0. The van der Waals surface area contributed by atoms with Crippen LogP contribution < -0.4 is 9.61 Å². The molecule has 0 saturated carbocycles. The highest BCUT2D eigenvalue weighted by molar-refractivity contribution is 7.52. The molecule has 0 amide bonds. The summed E-state index contributed by atoms with van der Waals surface area (Å²) in [7, 11) is -4.26. The van der Waals surface area contributed by atoms with Crippen LogP contribution in [0.25, 0.3) is 0 Å². The van der Waals surface area contributed by atoms with E-state index in [1.165, 1.54) is 6.92 Å². The number of nitrogens with one attached hydrogen (secondary N) is 1. The average molecular weight is 546 g/mol. The van der Waals surface area contributed by atoms with Crippen molar-refractivity contribution in [3.8, 4) is 11.8 Å². The number of para-hydroxylation sites is 1. The van der Waals surface area contributed by atoms with Crippen LogP contribution in [0.2, 0.25) is 0 Å². The molecule has 1 N–H and O–H groups in total. The number of carbonyl (C=O) groups excluding carboxylic acids is 1. The summed E-state index contributed by atoms with van der Waals surface area (Å²) in [6.45, 7) is 7.83. The van der Waals surface area contributed by atoms with E-state index in [1.54, 1.807) is 82.4 Å². The minimum atomic E-state index is -4.26. The van der Waals surface area contributed by atoms with Crippen LogP contribution in [-0.2, 0) is 32.8 Å². The first-order valence-corrected chi connectivity index (χ1v) is 13.8. The molecule has 2 aromatic rings. The number of fused-ring (bicyclic) bond motifs is 1. The molecule has 12 heteroatoms. The Hall–Kier alpha value is -2.84. The lowest BCUT2D eigenvalue weighted by Gasteiger charge is -2.30. The summed E-state index contributed by atoms with van der Waals surface area (Å²) in [5, 5.41) is 12.9. The molecule has 0 bridgehead atoms. The molecule has 1 aromatic carbocycles. The van der Waals surface area contributed by atoms with Gasteiger partial charge in [-0.2, -0.15) is 10.3 Å². The molecule has 0 radical (unpaired) electrons. The molecule has 11 nitrogen and oxygen atoms in total. The predicted molar refractivity (Wildman–Crippen MR) is 135 cm³/mol. The van der Waals surface area contributed by atoms with Gasteiger partial charge in [0.15, 0.2) is 5.79 Å². The number of ether oxygens (including phenoxy) is 4. The van der Waals surface area contributed by atoms with E-state index in [0.717, 1.165) is 0 Å². The van der Waals surface area contributed by atoms with E-state index in [9.17, 15) is 14.6 Å². The van der Waals surface area contributed by atoms with Gasteiger partial charge in [0.1, 0.15) is 42.8 Å². The maximum atomic E-state index is 14.0. The molecule has 0 unspecified atom stereocenters. The van der Waals surface area contributed by atoms with Crippen molar-refractivity contribution in [3.63, 3.8) is 0 Å². The van der Waals surface area contributed by atoms with Gasteiger partial charge in [-0.25, -0.2) is 4.57 Å². The van der Waals surface area contributed by atoms with Crippen LogP contribution in [0.15, 0.2) is 54.7 Å². The second-order valence-electron chi connectivity index (χ2n) is 9.83. The molecule has 2 aliphatic rings. The summed E-state index contributed by atoms with van der Waals surface area (Å²) in [5.41, 5.74) is -1.17. The van der Waals surface area contributed by atoms with Gasteiger partial charge in [0.25, 0.3) is 0 Å². The monoisotopic (exact) mass is 545 g/mol. The van der Waals surface area contributed by atoms with Crippen LogP contribution >= 0.6 is 7.75 Å². The molecule has 1 aromatic heterocycles. The van der Waals surface area contributed by atoms with Crippen molar-refractivity contribution in [1.82, 2.24) is 10.1 Å². The van der Waals surface area contributed by atoms with Crippen LogP contribution in [0, 0.1) is 11.3 Å². The van der Waals surface area contributed by atoms with E-state index in [4.69, 9.17) is 28.0 Å². The van der Waals surface area contributed by atoms with Gasteiger partial charge >= 0.3 is 13.7 Å². The van der Waals surface area contributed by atoms with E-state index < -0.39 is 56.1 Å². The van der Waals surface area contributed by atoms with E-state index in [1.807, 2.05) is 0 Å². The number of nitriles is 1. The highest BCUT2D eigenvalue weighted by Crippen LogP contribution is 2.52. The number of nitrogens with zero attached hydrogens (tertiary/aromatic N) is 2. The van der Waals surface area contributed by atoms with Crippen molar-refractivity contribution < 1.29 is 37.4 Å². The zero-order chi connectivity index (χ0) is 27.6. The third-order valence-electron chi connectivity index (χ3n) is 5.87. The largest absolute Gasteiger partial charge is 0.462 e. The summed E-state index contributed by atoms with van der Waals surface area (Å²) >= 11 is 0. The molecule has 2 saturated heterocycles. The smallest absolute Gasteiger partial charge is 0.459 e. The number of hydrogen-bond acceptors (Lipinski definition) is 10. The Bertz CT molecular complexity index is 1210. The quantitative estimate of drug-likeness (QED) is 0.341. The van der Waals surface area contributed by atoms with E-state index in [2.05, 4.69) is 16.1 Å². The first-order valence-electron chi connectivity index (χ1n) is 12.3. The molecule has 0 spiro atoms. The molecular weight excluding hydrogens is 513 g/mol. The molecule has 204 valence electrons. The van der Waals surface area contributed by atoms with E-state index in [-0.39, 0.29) is 11.9 Å². The van der Waals surface area contributed by atoms with Crippen molar-refractivity contribution >= 4 is 13.7 Å². The van der Waals surface area contributed by atoms with Crippen LogP contribution in [0.1, 0.15) is 46.4 Å². The highest BCUT2D eigenvalue weighted by Gasteiger charge is 2.65. The lowest BCUT2D eigenvalue weighted by Crippen LogP contribution is -2.46. The number of rotatable bonds is 10. The van der Waals surface area contributed by atoms with E-state index in [0.29, 0.717) is 5.69 Å². The van der Waals surface area contributed by atoms with Crippen molar-refractivity contribution in [2.75, 3.05) is 6.61 Å². The van der Waals surface area contributed by atoms with E-state index >= 15 is 0 Å². The van der Waals surface area contributed by atoms with Crippen LogP contribution in [-0.4, -0.2) is 53.3 Å². The normalized spacial score (nSPS) is 28.2. The van der Waals surface area contributed by atoms with Crippen molar-refractivity contribution in [2.45, 2.75) is 76.5 Å². The fraction of sp³-hybridized carbons (Fsp3) is 0.500. The highest BCUT2D eigenvalue weighted by atomic mass is 31.2. The Kier molecular flexibility index (Phi) is 8.23. The summed E-state index contributed by atoms with van der Waals surface area (Å²) in [6.07, 6.45) is -1.07. The minimum Gasteiger partial charge on any atom is -0.462 e. The average Bonchev–Trinajstić information content (AvgIpc) is 3.35. The third kappa shape index (κ3) is 6.24. The Morgan fingerprint density at radius 2 is 1.84 bits per heavy atom. The zero-order valence-corrected chi connectivity index (χ0v) is 22.8. The number of carbonyl (C=O) groups is 1. The minimum absolute atomic E-state index is 0.233. The molecule has 38 heavy (non-hydrogen) atoms. The SMILES string of the molecule is CC(C)OC(=O)[C@H](C)N[P@](=O)(OC[C@@]1(C#N)O[C@@H](c2ccccn2)[C@@H]2OC(C)(C)O[C@@H]21)Oc1ccccc1. The second kappa shape index (κ2) is 11.1. The van der Waals surface area contributed by atoms with Gasteiger partial charge in [-0.1, -0.05) is 24.3 Å². The lowest BCUT2D eigenvalue weighted by molar-refractivity contribution is -0.204. The topological polar surface area (TPSA) is 138 Å². The van der Waals surface area contributed by atoms with Gasteiger partial charge in [0.05, 0.1) is 11.8 Å². The van der Waals surface area contributed by atoms with Crippen LogP contribution in [0.4, 0.5) is 0 Å². The third-order valence-corrected chi connectivity index (χ3v) is 7.49. The molecule has 4 rings (SSSR count). The summed E-state index contributed by atoms with van der Waals surface area (Å²) < 4.78 is 49.0. The molecule has 3 heterocycles. The van der Waals surface area contributed by atoms with Crippen LogP contribution in [0.3, 0.4) is 0 Å². The van der Waals surface area contributed by atoms with Crippen molar-refractivity contribution in [1.29, 1.82) is 5.26 Å². The predicted octanol–water partition coefficient (Wildman–Crippen LogP) is 4.07. The number of hydrogen-bond donors (Lipinski definition) is 1. The summed E-state index contributed by atoms with van der Waals surface area (Å²) in [6, 6.07) is 14.8. The van der Waals surface area contributed by atoms with Gasteiger partial charge in [-0.15, -0.1) is 0 Å². The van der Waals surface area contributed by atoms with Gasteiger partial charge in [-0.05, 0) is 58.9 Å². The van der Waals surface area contributed by atoms with Gasteiger partial charge in [-0.3, -0.25) is 14.3 Å². The van der Waals surface area contributed by atoms with Gasteiger partial charge in [0, 0.05) is 6.20 Å². The first-order chi connectivity index (χ1) is 18.0. The van der Waals surface area contributed by atoms with Crippen LogP contribution in [0.5, 0.6) is 5.75 Å². The molecular formula is C26H32N3O8P. The van der Waals surface area contributed by atoms with Crippen molar-refractivity contribution in [2.24, 2.45) is 0 Å². The second-order valence-corrected chi connectivity index (χ2v) is 11.5. The van der Waals surface area contributed by atoms with Crippen molar-refractivity contribution in [3.05, 3.63) is 60.4 Å². The Labute approximate surface area is 221 Å². The summed E-state index contributed by atoms with van der Waals surface area (Å²) in [4.78, 5) is 16.8. The number of aromatic nitrogens is 1. The Morgan fingerprint density at radius 3 is 2.47 bits per heavy atom. The Morgan fingerprint density at radius 1 is 1.13 bits per heavy atom. The number of pyridine rings is 1. The molecule has 2 fully saturated rings. The lowest BCUT2D eigenvalue weighted by atomic mass is 9.96. The maximum Gasteiger partial charge on any atom is 0.459 e. The van der Waals surface area contributed by atoms with Gasteiger partial charge < -0.3 is 23.5 Å². The number of esters is 1. The fourth-order valence-electron chi connectivity index (χ4n) is 4.26. The summed E-state index contributed by atoms with van der Waals surface area (Å²) in [5.74, 6) is -1.42. The standard InChI is InChI=1S/C26H32N3O8P/c1-17(2)33-24(30)18(3)29-38(31,37-19-11-7-6-8-12-19)32-16-26(15-27)23-22(34-25(4,5)36-23)21(35-26)20-13-9-10-14-28-20/h6-14,17-18,21-23H,16H2,1-5H3,(H,29,31)/t18-,21-,22-,23-,26+,38-/m0/s1. The molecule has 6 atom stereocenters. The zero-order valence-electron chi connectivity index (χ0n) is 21.9. The Balaban J connectivity index is 1.61. The first kappa shape index (κ1) is 28.2. The molecule has 2 aliphatic heterocycles. The number of benzene rings is 1. The van der Waals surface area contributed by atoms with Gasteiger partial charge in [0.2, 0.25) is 5.60 Å². The molecule has 0 aliphatic carbocycles. The fourth-order valence-corrected chi connectivity index (χ4v) is 5.78.